The van der Waals surface area contributed by atoms with E-state index in [-0.39, 0.29) is 0 Å². The molecule has 12 rings (SSSR count). The maximum atomic E-state index is 7.16. The second-order valence-corrected chi connectivity index (χ2v) is 20.8. The third kappa shape index (κ3) is 5.95. The van der Waals surface area contributed by atoms with Crippen LogP contribution >= 0.6 is 0 Å². The van der Waals surface area contributed by atoms with Crippen LogP contribution in [0.4, 0.5) is 0 Å². The number of para-hydroxylation sites is 4. The molecule has 0 saturated carbocycles. The molecule has 10 aromatic rings. The minimum atomic E-state index is -2.96. The van der Waals surface area contributed by atoms with E-state index in [1.807, 2.05) is 6.07 Å². The first kappa shape index (κ1) is 39.4. The predicted molar refractivity (Wildman–Crippen MR) is 268 cm³/mol. The van der Waals surface area contributed by atoms with Gasteiger partial charge in [-0.05, 0) is 81.1 Å². The summed E-state index contributed by atoms with van der Waals surface area (Å²) >= 11 is 0. The number of aromatic nitrogens is 3. The van der Waals surface area contributed by atoms with Crippen molar-refractivity contribution in [1.29, 1.82) is 0 Å². The third-order valence-corrected chi connectivity index (χ3v) is 18.3. The molecule has 0 N–H and O–H groups in total. The standard InChI is InChI=1S/C60H43N3O2Si/c1-40-22-19-23-41(2)54(40)59-62-57(46-32-20-35-49-55(46)64-50-36-16-15-34-48(50)60(49,42-24-7-3-8-25-42)43-26-9-4-10-27-43)61-58(63-59)47-33-21-39-53-56(47)65-51-37-17-18-38-52(51)66(53,44-28-11-5-12-29-44)45-30-13-6-14-31-45/h3-39H,1-2H3. The van der Waals surface area contributed by atoms with Crippen molar-refractivity contribution in [3.8, 4) is 57.2 Å². The van der Waals surface area contributed by atoms with Crippen LogP contribution in [-0.4, -0.2) is 23.0 Å². The Hall–Kier alpha value is -8.19. The molecule has 2 aliphatic heterocycles. The van der Waals surface area contributed by atoms with Gasteiger partial charge in [-0.3, -0.25) is 0 Å². The van der Waals surface area contributed by atoms with Gasteiger partial charge in [0.05, 0.1) is 16.5 Å². The maximum Gasteiger partial charge on any atom is 0.188 e. The molecule has 314 valence electrons. The molecule has 6 heteroatoms. The van der Waals surface area contributed by atoms with Crippen LogP contribution in [0.5, 0.6) is 23.0 Å². The van der Waals surface area contributed by atoms with Gasteiger partial charge in [-0.15, -0.1) is 0 Å². The fourth-order valence-electron chi connectivity index (χ4n) is 10.7. The van der Waals surface area contributed by atoms with Crippen molar-refractivity contribution in [2.24, 2.45) is 0 Å². The fourth-order valence-corrected chi connectivity index (χ4v) is 15.7. The number of benzene rings is 9. The van der Waals surface area contributed by atoms with Gasteiger partial charge in [-0.25, -0.2) is 15.0 Å². The Bertz CT molecular complexity index is 3150. The van der Waals surface area contributed by atoms with Crippen molar-refractivity contribution in [1.82, 2.24) is 15.0 Å². The molecule has 0 bridgehead atoms. The van der Waals surface area contributed by atoms with E-state index in [1.54, 1.807) is 0 Å². The SMILES string of the molecule is Cc1cccc(C)c1-c1nc(-c2cccc3c2Oc2ccccc2C3(c2ccccc2)c2ccccc2)nc(-c2cccc3c2Oc2ccccc2[Si]3(c2ccccc2)c2ccccc2)n1. The van der Waals surface area contributed by atoms with Crippen molar-refractivity contribution in [2.45, 2.75) is 19.3 Å². The second kappa shape index (κ2) is 15.8. The summed E-state index contributed by atoms with van der Waals surface area (Å²) in [7, 11) is -2.96. The van der Waals surface area contributed by atoms with Crippen molar-refractivity contribution in [2.75, 3.05) is 0 Å². The Morgan fingerprint density at radius 1 is 0.364 bits per heavy atom. The van der Waals surface area contributed by atoms with Gasteiger partial charge in [0.1, 0.15) is 23.0 Å². The molecule has 0 unspecified atom stereocenters. The Labute approximate surface area is 385 Å². The summed E-state index contributed by atoms with van der Waals surface area (Å²) in [6, 6.07) is 79.5. The highest BCUT2D eigenvalue weighted by Crippen LogP contribution is 2.57. The Kier molecular flexibility index (Phi) is 9.43. The third-order valence-electron chi connectivity index (χ3n) is 13.5. The maximum absolute atomic E-state index is 7.16. The quantitative estimate of drug-likeness (QED) is 0.149. The highest BCUT2D eigenvalue weighted by molar-refractivity contribution is 7.20. The topological polar surface area (TPSA) is 57.1 Å². The van der Waals surface area contributed by atoms with Crippen LogP contribution in [0.1, 0.15) is 33.4 Å². The summed E-state index contributed by atoms with van der Waals surface area (Å²) in [6.45, 7) is 4.24. The highest BCUT2D eigenvalue weighted by atomic mass is 28.3. The molecule has 5 nitrogen and oxygen atoms in total. The minimum absolute atomic E-state index is 0.507. The predicted octanol–water partition coefficient (Wildman–Crippen LogP) is 11.5. The average Bonchev–Trinajstić information content (AvgIpc) is 3.38. The Morgan fingerprint density at radius 3 is 1.42 bits per heavy atom. The zero-order valence-corrected chi connectivity index (χ0v) is 37.5. The van der Waals surface area contributed by atoms with E-state index in [4.69, 9.17) is 24.4 Å². The zero-order valence-electron chi connectivity index (χ0n) is 36.5. The molecule has 0 saturated heterocycles. The molecule has 0 amide bonds. The summed E-state index contributed by atoms with van der Waals surface area (Å²) in [5.41, 5.74) is 8.31. The smallest absolute Gasteiger partial charge is 0.188 e. The first-order valence-electron chi connectivity index (χ1n) is 22.4. The summed E-state index contributed by atoms with van der Waals surface area (Å²) in [5.74, 6) is 4.68. The number of hydrogen-bond acceptors (Lipinski definition) is 5. The van der Waals surface area contributed by atoms with Gasteiger partial charge in [-0.2, -0.15) is 0 Å². The molecule has 0 aliphatic carbocycles. The largest absolute Gasteiger partial charge is 0.457 e. The van der Waals surface area contributed by atoms with Gasteiger partial charge in [0.25, 0.3) is 0 Å². The van der Waals surface area contributed by atoms with Crippen LogP contribution in [0.25, 0.3) is 34.2 Å². The van der Waals surface area contributed by atoms with E-state index in [9.17, 15) is 0 Å². The van der Waals surface area contributed by atoms with Crippen LogP contribution in [-0.2, 0) is 5.41 Å². The second-order valence-electron chi connectivity index (χ2n) is 17.1. The molecule has 0 radical (unpaired) electrons. The molecule has 0 spiro atoms. The molecule has 0 atom stereocenters. The molecular weight excluding hydrogens is 823 g/mol. The van der Waals surface area contributed by atoms with Gasteiger partial charge >= 0.3 is 0 Å². The molecule has 66 heavy (non-hydrogen) atoms. The van der Waals surface area contributed by atoms with E-state index in [2.05, 4.69) is 232 Å². The van der Waals surface area contributed by atoms with E-state index in [0.29, 0.717) is 23.2 Å². The molecule has 9 aromatic carbocycles. The van der Waals surface area contributed by atoms with Crippen LogP contribution < -0.4 is 30.2 Å². The van der Waals surface area contributed by atoms with E-state index in [1.165, 1.54) is 15.6 Å². The van der Waals surface area contributed by atoms with E-state index < -0.39 is 13.5 Å². The number of nitrogens with zero attached hydrogens (tertiary/aromatic N) is 3. The zero-order chi connectivity index (χ0) is 44.2. The number of hydrogen-bond donors (Lipinski definition) is 0. The first-order valence-corrected chi connectivity index (χ1v) is 24.4. The Balaban J connectivity index is 1.15. The lowest BCUT2D eigenvalue weighted by atomic mass is 9.63. The molecule has 3 heterocycles. The van der Waals surface area contributed by atoms with Crippen molar-refractivity contribution >= 4 is 28.8 Å². The minimum Gasteiger partial charge on any atom is -0.457 e. The van der Waals surface area contributed by atoms with Gasteiger partial charge in [0.2, 0.25) is 0 Å². The van der Waals surface area contributed by atoms with E-state index in [0.717, 1.165) is 72.5 Å². The lowest BCUT2D eigenvalue weighted by Crippen LogP contribution is -2.76. The summed E-state index contributed by atoms with van der Waals surface area (Å²) < 4.78 is 14.3. The van der Waals surface area contributed by atoms with E-state index >= 15 is 0 Å². The normalized spacial score (nSPS) is 13.8. The number of rotatable bonds is 7. The molecule has 2 aliphatic rings. The van der Waals surface area contributed by atoms with Crippen molar-refractivity contribution in [3.05, 3.63) is 258 Å². The van der Waals surface area contributed by atoms with Gasteiger partial charge in [0.15, 0.2) is 25.5 Å². The van der Waals surface area contributed by atoms with Gasteiger partial charge < -0.3 is 9.47 Å². The van der Waals surface area contributed by atoms with Gasteiger partial charge in [-0.1, -0.05) is 200 Å². The average molecular weight is 866 g/mol. The van der Waals surface area contributed by atoms with Crippen molar-refractivity contribution in [3.63, 3.8) is 0 Å². The van der Waals surface area contributed by atoms with Crippen LogP contribution in [0.3, 0.4) is 0 Å². The van der Waals surface area contributed by atoms with Crippen molar-refractivity contribution < 1.29 is 9.47 Å². The lowest BCUT2D eigenvalue weighted by molar-refractivity contribution is 0.436. The number of fused-ring (bicyclic) bond motifs is 4. The molecular formula is C60H43N3O2Si. The van der Waals surface area contributed by atoms with Gasteiger partial charge in [0, 0.05) is 16.7 Å². The first-order chi connectivity index (χ1) is 32.6. The van der Waals surface area contributed by atoms with Crippen LogP contribution in [0.15, 0.2) is 224 Å². The highest BCUT2D eigenvalue weighted by Gasteiger charge is 2.49. The summed E-state index contributed by atoms with van der Waals surface area (Å²) in [6.07, 6.45) is 0. The number of aryl methyl sites for hydroxylation is 2. The Morgan fingerprint density at radius 2 is 0.803 bits per heavy atom. The molecule has 0 fully saturated rings. The lowest BCUT2D eigenvalue weighted by Gasteiger charge is -2.42. The van der Waals surface area contributed by atoms with Crippen LogP contribution in [0.2, 0.25) is 0 Å². The fraction of sp³-hybridized carbons (Fsp3) is 0.0500. The van der Waals surface area contributed by atoms with Crippen LogP contribution in [0, 0.1) is 13.8 Å². The summed E-state index contributed by atoms with van der Waals surface area (Å²) in [4.78, 5) is 16.3. The summed E-state index contributed by atoms with van der Waals surface area (Å²) in [5, 5.41) is 4.88. The number of ether oxygens (including phenoxy) is 2. The molecule has 1 aromatic heterocycles. The monoisotopic (exact) mass is 865 g/mol.